The molecule has 39 heavy (non-hydrogen) atoms. The third kappa shape index (κ3) is 8.97. The summed E-state index contributed by atoms with van der Waals surface area (Å²) < 4.78 is 166. The number of benzene rings is 3. The van der Waals surface area contributed by atoms with E-state index in [0.717, 1.165) is 0 Å². The van der Waals surface area contributed by atoms with Crippen molar-refractivity contribution in [3.8, 4) is 11.5 Å². The molecule has 214 valence electrons. The first-order valence-electron chi connectivity index (χ1n) is 10.2. The highest BCUT2D eigenvalue weighted by molar-refractivity contribution is 8.93. The summed E-state index contributed by atoms with van der Waals surface area (Å²) in [5.74, 6) is -0.0245. The Kier molecular flexibility index (Phi) is 9.52. The van der Waals surface area contributed by atoms with Crippen LogP contribution in [0, 0.1) is 0 Å². The van der Waals surface area contributed by atoms with Gasteiger partial charge in [-0.1, -0.05) is 0 Å². The lowest BCUT2D eigenvalue weighted by atomic mass is 10.1. The minimum atomic E-state index is -5.03. The lowest BCUT2D eigenvalue weighted by Gasteiger charge is -2.15. The van der Waals surface area contributed by atoms with Gasteiger partial charge in [0.25, 0.3) is 0 Å². The zero-order chi connectivity index (χ0) is 28.5. The summed E-state index contributed by atoms with van der Waals surface area (Å²) in [4.78, 5) is 0. The second-order valence-electron chi connectivity index (χ2n) is 7.88. The van der Waals surface area contributed by atoms with Crippen molar-refractivity contribution in [1.29, 1.82) is 0 Å². The quantitative estimate of drug-likeness (QED) is 0.249. The van der Waals surface area contributed by atoms with E-state index >= 15 is 0 Å². The Morgan fingerprint density at radius 3 is 0.846 bits per heavy atom. The SMILES string of the molecule is Br.FC(F)(F)c1cc(COc2ccc(OCc3cc(C(F)(F)F)cc(C(F)(F)F)c3)cc2)cc(C(F)(F)F)c1. The van der Waals surface area contributed by atoms with E-state index < -0.39 is 71.3 Å². The summed E-state index contributed by atoms with van der Waals surface area (Å²) >= 11 is 0. The predicted octanol–water partition coefficient (Wildman–Crippen LogP) is 9.50. The minimum Gasteiger partial charge on any atom is -0.489 e. The van der Waals surface area contributed by atoms with Crippen LogP contribution in [0.15, 0.2) is 60.7 Å². The van der Waals surface area contributed by atoms with Gasteiger partial charge in [-0.2, -0.15) is 52.7 Å². The van der Waals surface area contributed by atoms with E-state index in [0.29, 0.717) is 24.3 Å². The van der Waals surface area contributed by atoms with E-state index in [1.54, 1.807) is 0 Å². The Labute approximate surface area is 222 Å². The van der Waals surface area contributed by atoms with Crippen molar-refractivity contribution in [2.24, 2.45) is 0 Å². The Hall–Kier alpha value is -3.10. The van der Waals surface area contributed by atoms with Gasteiger partial charge < -0.3 is 9.47 Å². The molecule has 0 heterocycles. The molecule has 0 aliphatic rings. The molecule has 0 aromatic heterocycles. The molecular weight excluding hydrogens is 628 g/mol. The van der Waals surface area contributed by atoms with Crippen molar-refractivity contribution in [2.45, 2.75) is 37.9 Å². The number of ether oxygens (including phenoxy) is 2. The summed E-state index contributed by atoms with van der Waals surface area (Å²) in [7, 11) is 0. The molecular formula is C24H15BrF12O2. The van der Waals surface area contributed by atoms with Gasteiger partial charge in [-0.05, 0) is 71.8 Å². The fourth-order valence-electron chi connectivity index (χ4n) is 3.17. The summed E-state index contributed by atoms with van der Waals surface area (Å²) in [6.07, 6.45) is -20.1. The molecule has 0 fully saturated rings. The summed E-state index contributed by atoms with van der Waals surface area (Å²) in [5.41, 5.74) is -6.90. The number of alkyl halides is 12. The first kappa shape index (κ1) is 32.1. The first-order valence-corrected chi connectivity index (χ1v) is 10.2. The van der Waals surface area contributed by atoms with Gasteiger partial charge in [0.2, 0.25) is 0 Å². The van der Waals surface area contributed by atoms with E-state index in [2.05, 4.69) is 0 Å². The summed E-state index contributed by atoms with van der Waals surface area (Å²) in [5, 5.41) is 0. The van der Waals surface area contributed by atoms with Crippen molar-refractivity contribution >= 4 is 17.0 Å². The average molecular weight is 643 g/mol. The van der Waals surface area contributed by atoms with Crippen LogP contribution in [0.2, 0.25) is 0 Å². The molecule has 0 N–H and O–H groups in total. The average Bonchev–Trinajstić information content (AvgIpc) is 2.79. The molecule has 15 heteroatoms. The van der Waals surface area contributed by atoms with E-state index in [4.69, 9.17) is 9.47 Å². The molecule has 0 saturated heterocycles. The highest BCUT2D eigenvalue weighted by Gasteiger charge is 2.38. The molecule has 0 radical (unpaired) electrons. The maximum absolute atomic E-state index is 13.0. The van der Waals surface area contributed by atoms with Crippen molar-refractivity contribution in [1.82, 2.24) is 0 Å². The normalized spacial score (nSPS) is 12.6. The molecule has 0 amide bonds. The summed E-state index contributed by atoms with van der Waals surface area (Å²) in [6, 6.07) is 6.71. The van der Waals surface area contributed by atoms with Crippen LogP contribution >= 0.6 is 17.0 Å². The number of hydrogen-bond donors (Lipinski definition) is 0. The van der Waals surface area contributed by atoms with Gasteiger partial charge in [0.15, 0.2) is 0 Å². The van der Waals surface area contributed by atoms with Crippen molar-refractivity contribution in [3.05, 3.63) is 94.0 Å². The third-order valence-corrected chi connectivity index (χ3v) is 4.93. The first-order chi connectivity index (χ1) is 17.3. The molecule has 3 aromatic rings. The van der Waals surface area contributed by atoms with Gasteiger partial charge in [0.05, 0.1) is 22.3 Å². The molecule has 0 aliphatic carbocycles. The van der Waals surface area contributed by atoms with Gasteiger partial charge in [-0.15, -0.1) is 17.0 Å². The van der Waals surface area contributed by atoms with Crippen molar-refractivity contribution < 1.29 is 62.2 Å². The Balaban J connectivity index is 0.00000533. The lowest BCUT2D eigenvalue weighted by molar-refractivity contribution is -0.144. The van der Waals surface area contributed by atoms with Crippen LogP contribution in [0.5, 0.6) is 11.5 Å². The number of rotatable bonds is 6. The lowest BCUT2D eigenvalue weighted by Crippen LogP contribution is -2.12. The van der Waals surface area contributed by atoms with Gasteiger partial charge in [0, 0.05) is 0 Å². The van der Waals surface area contributed by atoms with Crippen molar-refractivity contribution in [2.75, 3.05) is 0 Å². The molecule has 0 atom stereocenters. The molecule has 3 rings (SSSR count). The van der Waals surface area contributed by atoms with Gasteiger partial charge >= 0.3 is 24.7 Å². The van der Waals surface area contributed by atoms with Gasteiger partial charge in [0.1, 0.15) is 24.7 Å². The highest BCUT2D eigenvalue weighted by atomic mass is 79.9. The Morgan fingerprint density at radius 2 is 0.641 bits per heavy atom. The van der Waals surface area contributed by atoms with E-state index in [-0.39, 0.29) is 40.6 Å². The minimum absolute atomic E-state index is 0. The fourth-order valence-corrected chi connectivity index (χ4v) is 3.17. The topological polar surface area (TPSA) is 18.5 Å². The summed E-state index contributed by atoms with van der Waals surface area (Å²) in [6.45, 7) is -1.34. The van der Waals surface area contributed by atoms with E-state index in [1.165, 1.54) is 24.3 Å². The number of halogens is 13. The monoisotopic (exact) mass is 642 g/mol. The van der Waals surface area contributed by atoms with Gasteiger partial charge in [-0.25, -0.2) is 0 Å². The van der Waals surface area contributed by atoms with Crippen LogP contribution in [0.25, 0.3) is 0 Å². The maximum Gasteiger partial charge on any atom is 0.416 e. The van der Waals surface area contributed by atoms with E-state index in [1.807, 2.05) is 0 Å². The van der Waals surface area contributed by atoms with Crippen LogP contribution < -0.4 is 9.47 Å². The molecule has 0 aliphatic heterocycles. The Morgan fingerprint density at radius 1 is 0.410 bits per heavy atom. The van der Waals surface area contributed by atoms with Crippen LogP contribution in [-0.2, 0) is 37.9 Å². The molecule has 0 bridgehead atoms. The maximum atomic E-state index is 13.0. The third-order valence-electron chi connectivity index (χ3n) is 4.93. The molecule has 0 unspecified atom stereocenters. The highest BCUT2D eigenvalue weighted by Crippen LogP contribution is 2.38. The molecule has 3 aromatic carbocycles. The van der Waals surface area contributed by atoms with Crippen LogP contribution in [-0.4, -0.2) is 0 Å². The predicted molar refractivity (Wildman–Crippen MR) is 118 cm³/mol. The zero-order valence-corrected chi connectivity index (χ0v) is 20.7. The molecule has 2 nitrogen and oxygen atoms in total. The zero-order valence-electron chi connectivity index (χ0n) is 18.9. The number of hydrogen-bond acceptors (Lipinski definition) is 2. The Bertz CT molecular complexity index is 1100. The van der Waals surface area contributed by atoms with Crippen LogP contribution in [0.1, 0.15) is 33.4 Å². The van der Waals surface area contributed by atoms with Crippen LogP contribution in [0.3, 0.4) is 0 Å². The smallest absolute Gasteiger partial charge is 0.416 e. The molecule has 0 saturated carbocycles. The second-order valence-corrected chi connectivity index (χ2v) is 7.88. The van der Waals surface area contributed by atoms with Crippen LogP contribution in [0.4, 0.5) is 52.7 Å². The second kappa shape index (κ2) is 11.6. The largest absolute Gasteiger partial charge is 0.489 e. The van der Waals surface area contributed by atoms with Gasteiger partial charge in [-0.3, -0.25) is 0 Å². The van der Waals surface area contributed by atoms with E-state index in [9.17, 15) is 52.7 Å². The van der Waals surface area contributed by atoms with Crippen molar-refractivity contribution in [3.63, 3.8) is 0 Å². The molecule has 0 spiro atoms. The fraction of sp³-hybridized carbons (Fsp3) is 0.250. The standard InChI is InChI=1S/C24H14F12O2.BrH/c25-21(26,27)15-5-13(6-16(9-15)22(28,29)30)11-37-19-1-2-20(4-3-19)38-12-14-7-17(23(31,32)33)10-18(8-14)24(34,35)36;/h1-10H,11-12H2;1H.